The SMILES string of the molecule is C/C=C/CCc1cnc(-c2ccc(C(F)(F)Oc3ccc(-c4ccc(-c5cc(F)c(OC(F)F)c(F)c5)c(F)c4)cc3)cc2)nc1. The second-order valence-corrected chi connectivity index (χ2v) is 10.1. The molecular weight excluding hydrogens is 613 g/mol. The minimum atomic E-state index is -3.67. The molecule has 5 aromatic rings. The summed E-state index contributed by atoms with van der Waals surface area (Å²) in [4.78, 5) is 8.66. The summed E-state index contributed by atoms with van der Waals surface area (Å²) in [6.45, 7) is -1.49. The summed E-state index contributed by atoms with van der Waals surface area (Å²) in [5.74, 6) is -4.72. The molecule has 0 atom stereocenters. The Morgan fingerprint density at radius 3 is 1.91 bits per heavy atom. The molecule has 4 nitrogen and oxygen atoms in total. The highest BCUT2D eigenvalue weighted by Gasteiger charge is 2.34. The third kappa shape index (κ3) is 7.53. The van der Waals surface area contributed by atoms with Gasteiger partial charge in [-0.1, -0.05) is 48.6 Å². The van der Waals surface area contributed by atoms with Crippen LogP contribution in [0.1, 0.15) is 24.5 Å². The van der Waals surface area contributed by atoms with Crippen molar-refractivity contribution in [2.45, 2.75) is 32.5 Å². The summed E-state index contributed by atoms with van der Waals surface area (Å²) in [5.41, 5.74) is 1.49. The van der Waals surface area contributed by atoms with Crippen LogP contribution < -0.4 is 9.47 Å². The number of alkyl halides is 4. The standard InChI is InChI=1S/C35H25F7N2O2/c1-2-3-4-5-21-19-43-33(44-20-21)23-6-11-26(12-7-23)35(41,42)46-27-13-8-22(9-14-27)24-10-15-28(29(36)16-24)25-17-30(37)32(31(38)18-25)45-34(39)40/h2-3,6-20,34H,4-5H2,1H3/b3-2+. The number of ether oxygens (including phenoxy) is 2. The van der Waals surface area contributed by atoms with Crippen molar-refractivity contribution >= 4 is 0 Å². The molecule has 236 valence electrons. The van der Waals surface area contributed by atoms with Gasteiger partial charge in [0.15, 0.2) is 23.2 Å². The molecule has 0 unspecified atom stereocenters. The van der Waals surface area contributed by atoms with Crippen LogP contribution >= 0.6 is 0 Å². The number of aryl methyl sites for hydroxylation is 1. The molecule has 0 bridgehead atoms. The Balaban J connectivity index is 1.26. The van der Waals surface area contributed by atoms with Gasteiger partial charge in [0.1, 0.15) is 11.6 Å². The largest absolute Gasteiger partial charge is 0.429 e. The Kier molecular flexibility index (Phi) is 9.69. The van der Waals surface area contributed by atoms with Gasteiger partial charge in [-0.05, 0) is 84.5 Å². The fraction of sp³-hybridized carbons (Fsp3) is 0.143. The Morgan fingerprint density at radius 2 is 1.33 bits per heavy atom. The van der Waals surface area contributed by atoms with Gasteiger partial charge in [0.2, 0.25) is 0 Å². The molecule has 1 heterocycles. The van der Waals surface area contributed by atoms with Crippen molar-refractivity contribution in [1.29, 1.82) is 0 Å². The zero-order chi connectivity index (χ0) is 32.8. The molecule has 0 aliphatic carbocycles. The molecule has 4 aromatic carbocycles. The minimum absolute atomic E-state index is 0.149. The molecule has 0 fully saturated rings. The summed E-state index contributed by atoms with van der Waals surface area (Å²) < 4.78 is 107. The Bertz CT molecular complexity index is 1800. The monoisotopic (exact) mass is 638 g/mol. The minimum Gasteiger partial charge on any atom is -0.429 e. The van der Waals surface area contributed by atoms with E-state index in [4.69, 9.17) is 4.74 Å². The molecule has 0 N–H and O–H groups in total. The lowest BCUT2D eigenvalue weighted by Crippen LogP contribution is -2.21. The van der Waals surface area contributed by atoms with Gasteiger partial charge >= 0.3 is 12.7 Å². The zero-order valence-corrected chi connectivity index (χ0v) is 24.2. The van der Waals surface area contributed by atoms with E-state index in [1.807, 2.05) is 19.1 Å². The second kappa shape index (κ2) is 13.8. The van der Waals surface area contributed by atoms with E-state index in [9.17, 15) is 30.7 Å². The van der Waals surface area contributed by atoms with Gasteiger partial charge in [0, 0.05) is 23.5 Å². The fourth-order valence-corrected chi connectivity index (χ4v) is 4.63. The van der Waals surface area contributed by atoms with Crippen molar-refractivity contribution in [3.63, 3.8) is 0 Å². The van der Waals surface area contributed by atoms with Crippen molar-refractivity contribution in [3.05, 3.63) is 132 Å². The lowest BCUT2D eigenvalue weighted by Gasteiger charge is -2.19. The molecule has 5 rings (SSSR count). The van der Waals surface area contributed by atoms with E-state index in [0.717, 1.165) is 24.5 Å². The van der Waals surface area contributed by atoms with E-state index in [1.54, 1.807) is 12.4 Å². The number of aromatic nitrogens is 2. The Morgan fingerprint density at radius 1 is 0.739 bits per heavy atom. The molecule has 0 spiro atoms. The highest BCUT2D eigenvalue weighted by molar-refractivity contribution is 5.72. The zero-order valence-electron chi connectivity index (χ0n) is 24.2. The molecule has 0 amide bonds. The van der Waals surface area contributed by atoms with Crippen LogP contribution in [0, 0.1) is 17.5 Å². The maximum atomic E-state index is 15.0. The lowest BCUT2D eigenvalue weighted by atomic mass is 9.99. The van der Waals surface area contributed by atoms with E-state index >= 15 is 0 Å². The van der Waals surface area contributed by atoms with E-state index < -0.39 is 35.9 Å². The van der Waals surface area contributed by atoms with Crippen molar-refractivity contribution in [3.8, 4) is 45.1 Å². The maximum absolute atomic E-state index is 15.0. The van der Waals surface area contributed by atoms with E-state index in [0.29, 0.717) is 34.6 Å². The van der Waals surface area contributed by atoms with Crippen LogP contribution in [0.2, 0.25) is 0 Å². The molecule has 0 saturated carbocycles. The van der Waals surface area contributed by atoms with Gasteiger partial charge in [0.05, 0.1) is 5.56 Å². The molecule has 0 aliphatic rings. The van der Waals surface area contributed by atoms with Crippen LogP contribution in [0.15, 0.2) is 103 Å². The van der Waals surface area contributed by atoms with Gasteiger partial charge in [-0.3, -0.25) is 0 Å². The second-order valence-electron chi connectivity index (χ2n) is 10.1. The highest BCUT2D eigenvalue weighted by Crippen LogP contribution is 2.35. The Labute approximate surface area is 259 Å². The molecule has 0 saturated heterocycles. The van der Waals surface area contributed by atoms with E-state index in [2.05, 4.69) is 14.7 Å². The summed E-state index contributed by atoms with van der Waals surface area (Å²) >= 11 is 0. The molecular formula is C35H25F7N2O2. The molecule has 46 heavy (non-hydrogen) atoms. The number of hydrogen-bond acceptors (Lipinski definition) is 4. The smallest absolute Gasteiger partial charge is 0.426 e. The topological polar surface area (TPSA) is 44.2 Å². The Hall–Kier alpha value is -5.19. The first-order valence-electron chi connectivity index (χ1n) is 14.0. The lowest BCUT2D eigenvalue weighted by molar-refractivity contribution is -0.185. The van der Waals surface area contributed by atoms with Crippen molar-refractivity contribution < 1.29 is 40.2 Å². The first-order valence-corrected chi connectivity index (χ1v) is 14.0. The van der Waals surface area contributed by atoms with Gasteiger partial charge in [-0.2, -0.15) is 17.6 Å². The van der Waals surface area contributed by atoms with Gasteiger partial charge < -0.3 is 9.47 Å². The maximum Gasteiger partial charge on any atom is 0.426 e. The number of benzene rings is 4. The molecule has 1 aromatic heterocycles. The molecule has 11 heteroatoms. The number of rotatable bonds is 11. The van der Waals surface area contributed by atoms with E-state index in [1.165, 1.54) is 60.7 Å². The third-order valence-electron chi connectivity index (χ3n) is 6.94. The first kappa shape index (κ1) is 32.2. The summed E-state index contributed by atoms with van der Waals surface area (Å²) in [6, 6.07) is 16.0. The van der Waals surface area contributed by atoms with Crippen LogP contribution in [0.3, 0.4) is 0 Å². The number of nitrogens with zero attached hydrogens (tertiary/aromatic N) is 2. The van der Waals surface area contributed by atoms with E-state index in [-0.39, 0.29) is 22.4 Å². The van der Waals surface area contributed by atoms with Gasteiger partial charge in [-0.25, -0.2) is 23.1 Å². The van der Waals surface area contributed by atoms with Crippen LogP contribution in [0.5, 0.6) is 11.5 Å². The first-order chi connectivity index (χ1) is 22.0. The normalized spacial score (nSPS) is 11.8. The summed E-state index contributed by atoms with van der Waals surface area (Å²) in [6.07, 6.45) is 5.42. The third-order valence-corrected chi connectivity index (χ3v) is 6.94. The average Bonchev–Trinajstić information content (AvgIpc) is 3.03. The summed E-state index contributed by atoms with van der Waals surface area (Å²) in [5, 5.41) is 0. The fourth-order valence-electron chi connectivity index (χ4n) is 4.63. The molecule has 0 aliphatic heterocycles. The summed E-state index contributed by atoms with van der Waals surface area (Å²) in [7, 11) is 0. The number of halogens is 7. The van der Waals surface area contributed by atoms with Crippen molar-refractivity contribution in [2.75, 3.05) is 0 Å². The molecule has 0 radical (unpaired) electrons. The predicted molar refractivity (Wildman–Crippen MR) is 159 cm³/mol. The van der Waals surface area contributed by atoms with Crippen molar-refractivity contribution in [2.24, 2.45) is 0 Å². The van der Waals surface area contributed by atoms with Crippen LogP contribution in [-0.4, -0.2) is 16.6 Å². The number of hydrogen-bond donors (Lipinski definition) is 0. The predicted octanol–water partition coefficient (Wildman–Crippen LogP) is 10.1. The quantitative estimate of drug-likeness (QED) is 0.107. The van der Waals surface area contributed by atoms with Crippen LogP contribution in [0.4, 0.5) is 30.7 Å². The van der Waals surface area contributed by atoms with Gasteiger partial charge in [0.25, 0.3) is 0 Å². The van der Waals surface area contributed by atoms with Crippen LogP contribution in [0.25, 0.3) is 33.6 Å². The average molecular weight is 639 g/mol. The van der Waals surface area contributed by atoms with Gasteiger partial charge in [-0.15, -0.1) is 0 Å². The van der Waals surface area contributed by atoms with Crippen LogP contribution in [-0.2, 0) is 12.5 Å². The van der Waals surface area contributed by atoms with Crippen molar-refractivity contribution in [1.82, 2.24) is 9.97 Å². The number of allylic oxidation sites excluding steroid dienone is 2. The highest BCUT2D eigenvalue weighted by atomic mass is 19.3.